The summed E-state index contributed by atoms with van der Waals surface area (Å²) in [5.41, 5.74) is 0.00347. The normalized spacial score (nSPS) is 17.7. The van der Waals surface area contributed by atoms with E-state index >= 15 is 0 Å². The van der Waals surface area contributed by atoms with Crippen LogP contribution >= 0.6 is 0 Å². The average molecular weight is 252 g/mol. The molecule has 1 N–H and O–H groups in total. The number of carbonyl (C=O) groups is 1. The highest BCUT2D eigenvalue weighted by Crippen LogP contribution is 2.44. The van der Waals surface area contributed by atoms with Gasteiger partial charge in [-0.25, -0.2) is 4.39 Å². The van der Waals surface area contributed by atoms with E-state index in [2.05, 4.69) is 0 Å². The third-order valence-electron chi connectivity index (χ3n) is 3.79. The van der Waals surface area contributed by atoms with Crippen molar-refractivity contribution in [3.63, 3.8) is 0 Å². The van der Waals surface area contributed by atoms with Crippen molar-refractivity contribution in [1.29, 1.82) is 0 Å². The van der Waals surface area contributed by atoms with E-state index in [4.69, 9.17) is 4.74 Å². The van der Waals surface area contributed by atoms with Crippen LogP contribution in [0.1, 0.15) is 36.8 Å². The van der Waals surface area contributed by atoms with Crippen LogP contribution in [0, 0.1) is 12.7 Å². The molecule has 0 heterocycles. The number of halogens is 1. The Hall–Kier alpha value is -1.58. The van der Waals surface area contributed by atoms with Gasteiger partial charge in [0.25, 0.3) is 0 Å². The summed E-state index contributed by atoms with van der Waals surface area (Å²) in [5, 5.41) is 9.49. The van der Waals surface area contributed by atoms with E-state index in [-0.39, 0.29) is 11.3 Å². The van der Waals surface area contributed by atoms with Crippen LogP contribution in [0.25, 0.3) is 0 Å². The molecule has 0 aromatic heterocycles. The van der Waals surface area contributed by atoms with Gasteiger partial charge in [0.2, 0.25) is 0 Å². The highest BCUT2D eigenvalue weighted by molar-refractivity contribution is 5.82. The lowest BCUT2D eigenvalue weighted by Crippen LogP contribution is -2.33. The smallest absolute Gasteiger partial charge is 0.314 e. The van der Waals surface area contributed by atoms with E-state index in [1.807, 2.05) is 6.92 Å². The summed E-state index contributed by atoms with van der Waals surface area (Å²) in [4.78, 5) is 11.6. The molecule has 1 aromatic carbocycles. The molecule has 1 aliphatic carbocycles. The van der Waals surface area contributed by atoms with E-state index in [1.165, 1.54) is 7.11 Å². The van der Waals surface area contributed by atoms with Gasteiger partial charge >= 0.3 is 5.97 Å². The Morgan fingerprint density at radius 2 is 2.00 bits per heavy atom. The van der Waals surface area contributed by atoms with E-state index < -0.39 is 17.2 Å². The number of aliphatic carboxylic acids is 1. The lowest BCUT2D eigenvalue weighted by Gasteiger charge is -2.26. The minimum Gasteiger partial charge on any atom is -0.494 e. The zero-order valence-electron chi connectivity index (χ0n) is 10.6. The number of carboxylic acids is 1. The first-order valence-corrected chi connectivity index (χ1v) is 6.09. The number of rotatable bonds is 3. The molecule has 2 rings (SSSR count). The Kier molecular flexibility index (Phi) is 3.28. The van der Waals surface area contributed by atoms with Crippen molar-refractivity contribution in [3.8, 4) is 5.75 Å². The van der Waals surface area contributed by atoms with Crippen molar-refractivity contribution < 1.29 is 19.0 Å². The summed E-state index contributed by atoms with van der Waals surface area (Å²) in [7, 11) is 1.39. The number of methoxy groups -OCH3 is 1. The molecule has 1 saturated carbocycles. The number of aryl methyl sites for hydroxylation is 1. The van der Waals surface area contributed by atoms with Gasteiger partial charge in [0.05, 0.1) is 12.5 Å². The quantitative estimate of drug-likeness (QED) is 0.899. The molecule has 18 heavy (non-hydrogen) atoms. The van der Waals surface area contributed by atoms with Crippen LogP contribution in [0.5, 0.6) is 5.75 Å². The maximum atomic E-state index is 14.3. The van der Waals surface area contributed by atoms with E-state index in [0.717, 1.165) is 18.4 Å². The molecular formula is C14H17FO3. The number of hydrogen-bond acceptors (Lipinski definition) is 2. The molecule has 0 aliphatic heterocycles. The predicted molar refractivity (Wildman–Crippen MR) is 65.5 cm³/mol. The van der Waals surface area contributed by atoms with Crippen LogP contribution in [0.2, 0.25) is 0 Å². The van der Waals surface area contributed by atoms with Gasteiger partial charge in [-0.05, 0) is 31.4 Å². The summed E-state index contributed by atoms with van der Waals surface area (Å²) < 4.78 is 19.3. The SMILES string of the molecule is COc1cc(C)cc(C2(C(=O)O)CCCC2)c1F. The molecule has 0 radical (unpaired) electrons. The van der Waals surface area contributed by atoms with Gasteiger partial charge in [0.1, 0.15) is 0 Å². The fraction of sp³-hybridized carbons (Fsp3) is 0.500. The topological polar surface area (TPSA) is 46.5 Å². The molecule has 0 saturated heterocycles. The van der Waals surface area contributed by atoms with E-state index in [9.17, 15) is 14.3 Å². The van der Waals surface area contributed by atoms with Crippen LogP contribution in [0.3, 0.4) is 0 Å². The maximum absolute atomic E-state index is 14.3. The number of carboxylic acid groups (broad SMARTS) is 1. The average Bonchev–Trinajstić information content (AvgIpc) is 2.82. The summed E-state index contributed by atoms with van der Waals surface area (Å²) in [6.07, 6.45) is 2.63. The second kappa shape index (κ2) is 4.59. The molecule has 98 valence electrons. The Morgan fingerprint density at radius 3 is 2.50 bits per heavy atom. The zero-order valence-corrected chi connectivity index (χ0v) is 10.6. The Balaban J connectivity index is 2.61. The molecular weight excluding hydrogens is 235 g/mol. The van der Waals surface area contributed by atoms with E-state index in [0.29, 0.717) is 12.8 Å². The lowest BCUT2D eigenvalue weighted by atomic mass is 9.78. The van der Waals surface area contributed by atoms with Gasteiger partial charge in [0, 0.05) is 5.56 Å². The second-order valence-corrected chi connectivity index (χ2v) is 4.92. The highest BCUT2D eigenvalue weighted by atomic mass is 19.1. The molecule has 0 unspecified atom stereocenters. The molecule has 1 fully saturated rings. The van der Waals surface area contributed by atoms with Gasteiger partial charge < -0.3 is 9.84 Å². The molecule has 1 aliphatic rings. The molecule has 3 nitrogen and oxygen atoms in total. The third kappa shape index (κ3) is 1.85. The summed E-state index contributed by atoms with van der Waals surface area (Å²) in [5.74, 6) is -1.35. The number of benzene rings is 1. The molecule has 0 amide bonds. The summed E-state index contributed by atoms with van der Waals surface area (Å²) in [6.45, 7) is 1.82. The van der Waals surface area contributed by atoms with Crippen molar-refractivity contribution in [2.24, 2.45) is 0 Å². The monoisotopic (exact) mass is 252 g/mol. The third-order valence-corrected chi connectivity index (χ3v) is 3.79. The fourth-order valence-electron chi connectivity index (χ4n) is 2.81. The maximum Gasteiger partial charge on any atom is 0.314 e. The Bertz CT molecular complexity index is 476. The lowest BCUT2D eigenvalue weighted by molar-refractivity contribution is -0.143. The van der Waals surface area contributed by atoms with Crippen LogP contribution in [0.15, 0.2) is 12.1 Å². The van der Waals surface area contributed by atoms with E-state index in [1.54, 1.807) is 12.1 Å². The molecule has 0 atom stereocenters. The number of hydrogen-bond donors (Lipinski definition) is 1. The van der Waals surface area contributed by atoms with Crippen molar-refractivity contribution in [1.82, 2.24) is 0 Å². The first-order valence-electron chi connectivity index (χ1n) is 6.09. The van der Waals surface area contributed by atoms with Crippen LogP contribution < -0.4 is 4.74 Å². The van der Waals surface area contributed by atoms with Crippen molar-refractivity contribution >= 4 is 5.97 Å². The van der Waals surface area contributed by atoms with Crippen molar-refractivity contribution in [3.05, 3.63) is 29.1 Å². The minimum atomic E-state index is -1.08. The van der Waals surface area contributed by atoms with Crippen LogP contribution in [-0.4, -0.2) is 18.2 Å². The molecule has 1 aromatic rings. The van der Waals surface area contributed by atoms with Crippen molar-refractivity contribution in [2.45, 2.75) is 38.0 Å². The van der Waals surface area contributed by atoms with Gasteiger partial charge in [-0.1, -0.05) is 18.9 Å². The summed E-state index contributed by atoms with van der Waals surface area (Å²) in [6, 6.07) is 3.22. The Morgan fingerprint density at radius 1 is 1.39 bits per heavy atom. The van der Waals surface area contributed by atoms with Gasteiger partial charge in [-0.3, -0.25) is 4.79 Å². The predicted octanol–water partition coefficient (Wildman–Crippen LogP) is 3.04. The first-order chi connectivity index (χ1) is 8.51. The Labute approximate surface area is 106 Å². The highest BCUT2D eigenvalue weighted by Gasteiger charge is 2.45. The standard InChI is InChI=1S/C14H17FO3/c1-9-7-10(12(15)11(8-9)18-2)14(13(16)17)5-3-4-6-14/h7-8H,3-6H2,1-2H3,(H,16,17). The van der Waals surface area contributed by atoms with Crippen LogP contribution in [-0.2, 0) is 10.2 Å². The largest absolute Gasteiger partial charge is 0.494 e. The summed E-state index contributed by atoms with van der Waals surface area (Å²) >= 11 is 0. The van der Waals surface area contributed by atoms with Gasteiger partial charge in [0.15, 0.2) is 11.6 Å². The second-order valence-electron chi connectivity index (χ2n) is 4.92. The minimum absolute atomic E-state index is 0.123. The zero-order chi connectivity index (χ0) is 13.3. The molecule has 0 bridgehead atoms. The van der Waals surface area contributed by atoms with Crippen LogP contribution in [0.4, 0.5) is 4.39 Å². The number of ether oxygens (including phenoxy) is 1. The fourth-order valence-corrected chi connectivity index (χ4v) is 2.81. The molecule has 4 heteroatoms. The first kappa shape index (κ1) is 12.9. The van der Waals surface area contributed by atoms with Gasteiger partial charge in [-0.2, -0.15) is 0 Å². The molecule has 0 spiro atoms. The van der Waals surface area contributed by atoms with Gasteiger partial charge in [-0.15, -0.1) is 0 Å². The van der Waals surface area contributed by atoms with Crippen molar-refractivity contribution in [2.75, 3.05) is 7.11 Å².